The van der Waals surface area contributed by atoms with E-state index in [0.717, 1.165) is 49.6 Å². The molecule has 1 aromatic carbocycles. The van der Waals surface area contributed by atoms with Crippen LogP contribution < -0.4 is 5.32 Å². The van der Waals surface area contributed by atoms with E-state index >= 15 is 0 Å². The molecule has 8 atom stereocenters. The molecule has 0 unspecified atom stereocenters. The van der Waals surface area contributed by atoms with Crippen molar-refractivity contribution in [1.82, 2.24) is 15.0 Å². The van der Waals surface area contributed by atoms with Crippen molar-refractivity contribution in [2.75, 3.05) is 5.32 Å². The van der Waals surface area contributed by atoms with Crippen molar-refractivity contribution in [3.63, 3.8) is 0 Å². The molecule has 4 aliphatic rings. The first-order valence-electron chi connectivity index (χ1n) is 14.8. The van der Waals surface area contributed by atoms with Crippen molar-refractivity contribution >= 4 is 17.2 Å². The number of benzene rings is 1. The van der Waals surface area contributed by atoms with Gasteiger partial charge in [-0.25, -0.2) is 0 Å². The highest BCUT2D eigenvalue weighted by Gasteiger charge is 2.61. The Morgan fingerprint density at radius 3 is 2.58 bits per heavy atom. The molecular formula is C32H44N4O2. The number of hydrogen-bond acceptors (Lipinski definition) is 5. The first-order chi connectivity index (χ1) is 18.1. The molecule has 1 heterocycles. The molecule has 0 spiro atoms. The van der Waals surface area contributed by atoms with Crippen LogP contribution in [0, 0.1) is 40.4 Å². The molecule has 0 aliphatic heterocycles. The number of aliphatic hydroxyl groups is 1. The first-order valence-corrected chi connectivity index (χ1v) is 14.8. The lowest BCUT2D eigenvalue weighted by atomic mass is 9.44. The Hall–Kier alpha value is -2.47. The van der Waals surface area contributed by atoms with E-state index in [9.17, 15) is 9.90 Å². The van der Waals surface area contributed by atoms with E-state index in [0.29, 0.717) is 28.6 Å². The zero-order chi connectivity index (χ0) is 26.7. The lowest BCUT2D eigenvalue weighted by Crippen LogP contribution is -2.55. The molecular weight excluding hydrogens is 472 g/mol. The molecule has 2 N–H and O–H groups in total. The van der Waals surface area contributed by atoms with Gasteiger partial charge in [-0.1, -0.05) is 38.6 Å². The Labute approximate surface area is 227 Å². The zero-order valence-corrected chi connectivity index (χ0v) is 23.3. The van der Waals surface area contributed by atoms with Crippen molar-refractivity contribution in [3.05, 3.63) is 48.8 Å². The van der Waals surface area contributed by atoms with Crippen molar-refractivity contribution in [2.45, 2.75) is 90.7 Å². The van der Waals surface area contributed by atoms with Gasteiger partial charge in [-0.2, -0.15) is 15.0 Å². The van der Waals surface area contributed by atoms with E-state index in [2.05, 4.69) is 35.9 Å². The van der Waals surface area contributed by atoms with Crippen LogP contribution >= 0.6 is 0 Å². The van der Waals surface area contributed by atoms with Gasteiger partial charge in [-0.05, 0) is 111 Å². The van der Waals surface area contributed by atoms with Gasteiger partial charge in [0.05, 0.1) is 17.5 Å². The predicted molar refractivity (Wildman–Crippen MR) is 150 cm³/mol. The van der Waals surface area contributed by atoms with Gasteiger partial charge >= 0.3 is 0 Å². The number of nitrogens with zero attached hydrogens (tertiary/aromatic N) is 3. The Morgan fingerprint density at radius 2 is 1.79 bits per heavy atom. The standard InChI is InChI=1S/C32H44N4O2/c1-21(34-23-8-6-5-7-9-23)28-19-33-36(35-28)20-29(37)27-13-12-25-24-11-10-22-18-30(2,38)16-17-31(22,3)26(24)14-15-32(25,27)4/h5-9,19,22,24-27,34,38H,1,10-18,20H2,2-4H3/t22-,24+,25+,26+,27-,30-,31+,32+/m1/s1. The molecule has 2 aromatic rings. The second-order valence-electron chi connectivity index (χ2n) is 13.7. The maximum atomic E-state index is 13.7. The van der Waals surface area contributed by atoms with E-state index < -0.39 is 5.60 Å². The number of ketones is 1. The van der Waals surface area contributed by atoms with E-state index in [1.807, 2.05) is 37.3 Å². The van der Waals surface area contributed by atoms with Crippen LogP contribution in [0.2, 0.25) is 0 Å². The van der Waals surface area contributed by atoms with Gasteiger partial charge in [0, 0.05) is 11.6 Å². The van der Waals surface area contributed by atoms with Gasteiger partial charge in [0.15, 0.2) is 5.78 Å². The maximum Gasteiger partial charge on any atom is 0.159 e. The van der Waals surface area contributed by atoms with E-state index in [1.165, 1.54) is 25.7 Å². The molecule has 4 aliphatic carbocycles. The van der Waals surface area contributed by atoms with Gasteiger partial charge < -0.3 is 10.4 Å². The fourth-order valence-electron chi connectivity index (χ4n) is 9.48. The number of nitrogens with one attached hydrogen (secondary N) is 1. The zero-order valence-electron chi connectivity index (χ0n) is 23.3. The third-order valence-corrected chi connectivity index (χ3v) is 11.6. The number of fused-ring (bicyclic) bond motifs is 5. The first kappa shape index (κ1) is 25.8. The highest BCUT2D eigenvalue weighted by molar-refractivity contribution is 5.82. The van der Waals surface area contributed by atoms with Crippen LogP contribution in [0.4, 0.5) is 5.69 Å². The SMILES string of the molecule is C=C(Nc1ccccc1)c1cnn(CC(=O)[C@H]2CC[C@H]3[C@@H]4CC[C@@H]5C[C@](C)(O)CC[C@]5(C)[C@H]4CC[C@]23C)n1. The van der Waals surface area contributed by atoms with Crippen LogP contribution in [0.25, 0.3) is 5.70 Å². The maximum absolute atomic E-state index is 13.7. The second kappa shape index (κ2) is 9.32. The average molecular weight is 517 g/mol. The quantitative estimate of drug-likeness (QED) is 0.468. The average Bonchev–Trinajstić information content (AvgIpc) is 3.49. The van der Waals surface area contributed by atoms with Gasteiger partial charge in [-0.15, -0.1) is 0 Å². The minimum Gasteiger partial charge on any atom is -0.390 e. The van der Waals surface area contributed by atoms with Crippen molar-refractivity contribution < 1.29 is 9.90 Å². The largest absolute Gasteiger partial charge is 0.390 e. The Balaban J connectivity index is 1.12. The summed E-state index contributed by atoms with van der Waals surface area (Å²) in [5.74, 6) is 3.10. The van der Waals surface area contributed by atoms with Crippen molar-refractivity contribution in [3.8, 4) is 0 Å². The Bertz CT molecular complexity index is 1210. The summed E-state index contributed by atoms with van der Waals surface area (Å²) in [6.07, 6.45) is 11.8. The lowest BCUT2D eigenvalue weighted by Gasteiger charge is -2.61. The summed E-state index contributed by atoms with van der Waals surface area (Å²) >= 11 is 0. The Morgan fingerprint density at radius 1 is 1.03 bits per heavy atom. The van der Waals surface area contributed by atoms with Gasteiger partial charge in [-0.3, -0.25) is 4.79 Å². The molecule has 0 saturated heterocycles. The fourth-order valence-corrected chi connectivity index (χ4v) is 9.48. The lowest BCUT2D eigenvalue weighted by molar-refractivity contribution is -0.151. The molecule has 6 rings (SSSR count). The second-order valence-corrected chi connectivity index (χ2v) is 13.7. The van der Waals surface area contributed by atoms with Crippen LogP contribution in [0.3, 0.4) is 0 Å². The van der Waals surface area contributed by atoms with E-state index in [-0.39, 0.29) is 23.7 Å². The number of anilines is 1. The van der Waals surface area contributed by atoms with Crippen LogP contribution in [0.5, 0.6) is 0 Å². The molecule has 6 heteroatoms. The molecule has 204 valence electrons. The van der Waals surface area contributed by atoms with E-state index in [4.69, 9.17) is 0 Å². The highest BCUT2D eigenvalue weighted by Crippen LogP contribution is 2.68. The summed E-state index contributed by atoms with van der Waals surface area (Å²) in [7, 11) is 0. The number of rotatable bonds is 6. The van der Waals surface area contributed by atoms with Crippen LogP contribution in [-0.2, 0) is 11.3 Å². The topological polar surface area (TPSA) is 80.0 Å². The normalized spacial score (nSPS) is 40.1. The molecule has 4 saturated carbocycles. The Kier molecular flexibility index (Phi) is 6.33. The number of Topliss-reactive ketones (excluding diaryl/α,β-unsaturated/α-hetero) is 1. The predicted octanol–water partition coefficient (Wildman–Crippen LogP) is 6.34. The molecule has 0 bridgehead atoms. The third kappa shape index (κ3) is 4.33. The highest BCUT2D eigenvalue weighted by atomic mass is 16.3. The summed E-state index contributed by atoms with van der Waals surface area (Å²) in [5.41, 5.74) is 2.22. The molecule has 38 heavy (non-hydrogen) atoms. The number of para-hydroxylation sites is 1. The van der Waals surface area contributed by atoms with E-state index in [1.54, 1.807) is 11.0 Å². The summed E-state index contributed by atoms with van der Waals surface area (Å²) < 4.78 is 0. The summed E-state index contributed by atoms with van der Waals surface area (Å²) in [5, 5.41) is 23.0. The van der Waals surface area contributed by atoms with Gasteiger partial charge in [0.2, 0.25) is 0 Å². The third-order valence-electron chi connectivity index (χ3n) is 11.6. The number of carbonyl (C=O) groups is 1. The summed E-state index contributed by atoms with van der Waals surface area (Å²) in [6, 6.07) is 9.88. The van der Waals surface area contributed by atoms with Gasteiger partial charge in [0.25, 0.3) is 0 Å². The molecule has 4 fully saturated rings. The fraction of sp³-hybridized carbons (Fsp3) is 0.656. The molecule has 0 amide bonds. The minimum absolute atomic E-state index is 0.0794. The van der Waals surface area contributed by atoms with Crippen LogP contribution in [-0.4, -0.2) is 31.5 Å². The van der Waals surface area contributed by atoms with Crippen LogP contribution in [0.1, 0.15) is 84.3 Å². The minimum atomic E-state index is -0.491. The van der Waals surface area contributed by atoms with Crippen LogP contribution in [0.15, 0.2) is 43.1 Å². The molecule has 1 aromatic heterocycles. The molecule has 0 radical (unpaired) electrons. The number of hydrogen-bond donors (Lipinski definition) is 2. The summed E-state index contributed by atoms with van der Waals surface area (Å²) in [6.45, 7) is 11.3. The number of carbonyl (C=O) groups excluding carboxylic acids is 1. The smallest absolute Gasteiger partial charge is 0.159 e. The van der Waals surface area contributed by atoms with Crippen molar-refractivity contribution in [2.24, 2.45) is 40.4 Å². The number of aromatic nitrogens is 3. The molecule has 6 nitrogen and oxygen atoms in total. The summed E-state index contributed by atoms with van der Waals surface area (Å²) in [4.78, 5) is 15.3. The van der Waals surface area contributed by atoms with Crippen molar-refractivity contribution in [1.29, 1.82) is 0 Å². The monoisotopic (exact) mass is 516 g/mol. The van der Waals surface area contributed by atoms with Gasteiger partial charge in [0.1, 0.15) is 12.2 Å².